The number of fused-ring (bicyclic) bond motifs is 1. The Bertz CT molecular complexity index is 508. The smallest absolute Gasteiger partial charge is 0.204 e. The van der Waals surface area contributed by atoms with Crippen molar-refractivity contribution in [2.24, 2.45) is 0 Å². The summed E-state index contributed by atoms with van der Waals surface area (Å²) in [5, 5.41) is 9.96. The summed E-state index contributed by atoms with van der Waals surface area (Å²) in [6.45, 7) is 0. The lowest BCUT2D eigenvalue weighted by Crippen LogP contribution is -1.96. The van der Waals surface area contributed by atoms with Gasteiger partial charge in [-0.1, -0.05) is 6.07 Å². The van der Waals surface area contributed by atoms with Crippen molar-refractivity contribution in [1.82, 2.24) is 4.98 Å². The van der Waals surface area contributed by atoms with Gasteiger partial charge in [-0.2, -0.15) is 0 Å². The topological polar surface area (TPSA) is 50.2 Å². The summed E-state index contributed by atoms with van der Waals surface area (Å²) in [6.07, 6.45) is 1.53. The largest absolute Gasteiger partial charge is 0.507 e. The quantitative estimate of drug-likeness (QED) is 0.653. The molecule has 0 saturated heterocycles. The van der Waals surface area contributed by atoms with E-state index in [1.807, 2.05) is 0 Å². The van der Waals surface area contributed by atoms with Gasteiger partial charge in [0.05, 0.1) is 0 Å². The molecule has 1 N–H and O–H groups in total. The maximum Gasteiger partial charge on any atom is 0.204 e. The summed E-state index contributed by atoms with van der Waals surface area (Å²) in [4.78, 5) is 15.3. The zero-order valence-corrected chi connectivity index (χ0v) is 6.77. The number of rotatable bonds is 0. The van der Waals surface area contributed by atoms with Gasteiger partial charge < -0.3 is 5.11 Å². The molecule has 0 bridgehead atoms. The molecule has 2 rings (SSSR count). The normalized spacial score (nSPS) is 10.2. The third kappa shape index (κ3) is 1.24. The molecule has 0 saturated carbocycles. The van der Waals surface area contributed by atoms with Crippen molar-refractivity contribution in [2.75, 3.05) is 0 Å². The average Bonchev–Trinajstić information content (AvgIpc) is 2.29. The fourth-order valence-electron chi connectivity index (χ4n) is 1.20. The number of hydrogen-bond donors (Lipinski definition) is 1. The molecule has 1 aromatic carbocycles. The van der Waals surface area contributed by atoms with Crippen molar-refractivity contribution in [3.63, 3.8) is 0 Å². The monoisotopic (exact) mass is 173 g/mol. The first-order valence-electron chi connectivity index (χ1n) is 3.86. The second kappa shape index (κ2) is 2.86. The van der Waals surface area contributed by atoms with Crippen molar-refractivity contribution >= 4 is 10.9 Å². The number of aromatic nitrogens is 1. The van der Waals surface area contributed by atoms with Crippen molar-refractivity contribution in [3.8, 4) is 5.75 Å². The predicted molar refractivity (Wildman–Crippen MR) is 49.7 cm³/mol. The van der Waals surface area contributed by atoms with Crippen LogP contribution in [0.25, 0.3) is 10.9 Å². The Morgan fingerprint density at radius 1 is 1.15 bits per heavy atom. The summed E-state index contributed by atoms with van der Waals surface area (Å²) in [5.41, 5.74) is 0.112. The lowest BCUT2D eigenvalue weighted by Gasteiger charge is -1.91. The van der Waals surface area contributed by atoms with Crippen molar-refractivity contribution in [2.45, 2.75) is 0 Å². The van der Waals surface area contributed by atoms with E-state index in [-0.39, 0.29) is 11.2 Å². The third-order valence-electron chi connectivity index (χ3n) is 1.82. The van der Waals surface area contributed by atoms with E-state index in [2.05, 4.69) is 4.98 Å². The average molecular weight is 173 g/mol. The molecule has 0 atom stereocenters. The number of aromatic hydroxyl groups is 1. The second-order valence-corrected chi connectivity index (χ2v) is 2.67. The molecule has 64 valence electrons. The minimum absolute atomic E-state index is 0.0743. The molecule has 3 nitrogen and oxygen atoms in total. The maximum absolute atomic E-state index is 11.4. The van der Waals surface area contributed by atoms with Gasteiger partial charge in [-0.25, -0.2) is 0 Å². The summed E-state index contributed by atoms with van der Waals surface area (Å²) < 4.78 is 0. The van der Waals surface area contributed by atoms with Crippen LogP contribution in [-0.4, -0.2) is 10.1 Å². The van der Waals surface area contributed by atoms with Crippen LogP contribution in [0, 0.1) is 0 Å². The van der Waals surface area contributed by atoms with E-state index in [4.69, 9.17) is 0 Å². The van der Waals surface area contributed by atoms with Gasteiger partial charge in [-0.05, 0) is 24.3 Å². The Morgan fingerprint density at radius 3 is 2.85 bits per heavy atom. The number of hydrogen-bond acceptors (Lipinski definition) is 3. The van der Waals surface area contributed by atoms with Crippen LogP contribution in [0.3, 0.4) is 0 Å². The molecule has 0 aliphatic carbocycles. The highest BCUT2D eigenvalue weighted by Gasteiger charge is 1.99. The van der Waals surface area contributed by atoms with Gasteiger partial charge in [0.1, 0.15) is 11.3 Å². The third-order valence-corrected chi connectivity index (χ3v) is 1.82. The van der Waals surface area contributed by atoms with E-state index in [0.717, 1.165) is 0 Å². The van der Waals surface area contributed by atoms with Crippen LogP contribution < -0.4 is 5.43 Å². The molecule has 0 radical (unpaired) electrons. The Balaban J connectivity index is 3.10. The summed E-state index contributed by atoms with van der Waals surface area (Å²) in [7, 11) is 0. The molecule has 0 spiro atoms. The summed E-state index contributed by atoms with van der Waals surface area (Å²) in [5.74, 6) is 0.0743. The predicted octanol–water partition coefficient (Wildman–Crippen LogP) is 1.30. The van der Waals surface area contributed by atoms with Crippen LogP contribution in [-0.2, 0) is 0 Å². The first-order chi connectivity index (χ1) is 6.29. The minimum Gasteiger partial charge on any atom is -0.507 e. The van der Waals surface area contributed by atoms with Gasteiger partial charge in [-0.3, -0.25) is 9.78 Å². The van der Waals surface area contributed by atoms with Crippen LogP contribution in [0.4, 0.5) is 0 Å². The van der Waals surface area contributed by atoms with Gasteiger partial charge in [-0.15, -0.1) is 0 Å². The van der Waals surface area contributed by atoms with Crippen LogP contribution >= 0.6 is 0 Å². The van der Waals surface area contributed by atoms with E-state index in [1.165, 1.54) is 24.4 Å². The zero-order valence-electron chi connectivity index (χ0n) is 6.77. The second-order valence-electron chi connectivity index (χ2n) is 2.67. The highest BCUT2D eigenvalue weighted by Crippen LogP contribution is 2.17. The molecular weight excluding hydrogens is 166 g/mol. The maximum atomic E-state index is 11.4. The molecule has 0 aliphatic heterocycles. The Hall–Kier alpha value is -1.90. The molecule has 0 unspecified atom stereocenters. The van der Waals surface area contributed by atoms with Crippen LogP contribution in [0.5, 0.6) is 5.75 Å². The minimum atomic E-state index is -0.184. The fourth-order valence-corrected chi connectivity index (χ4v) is 1.20. The highest BCUT2D eigenvalue weighted by atomic mass is 16.3. The first kappa shape index (κ1) is 7.73. The lowest BCUT2D eigenvalue weighted by atomic mass is 10.2. The summed E-state index contributed by atoms with van der Waals surface area (Å²) in [6, 6.07) is 7.72. The molecule has 0 fully saturated rings. The Labute approximate surface area is 74.3 Å². The first-order valence-corrected chi connectivity index (χ1v) is 3.86. The molecule has 1 heterocycles. The molecule has 2 aromatic rings. The van der Waals surface area contributed by atoms with E-state index in [1.54, 1.807) is 12.1 Å². The van der Waals surface area contributed by atoms with Gasteiger partial charge >= 0.3 is 0 Å². The van der Waals surface area contributed by atoms with Crippen molar-refractivity contribution in [1.29, 1.82) is 0 Å². The van der Waals surface area contributed by atoms with Crippen LogP contribution in [0.15, 0.2) is 41.3 Å². The molecule has 1 aromatic heterocycles. The highest BCUT2D eigenvalue weighted by molar-refractivity contribution is 5.83. The van der Waals surface area contributed by atoms with Gasteiger partial charge in [0.2, 0.25) is 5.43 Å². The van der Waals surface area contributed by atoms with Crippen molar-refractivity contribution < 1.29 is 5.11 Å². The van der Waals surface area contributed by atoms with E-state index >= 15 is 0 Å². The van der Waals surface area contributed by atoms with Crippen molar-refractivity contribution in [3.05, 3.63) is 46.8 Å². The molecule has 3 heteroatoms. The summed E-state index contributed by atoms with van der Waals surface area (Å²) >= 11 is 0. The van der Waals surface area contributed by atoms with Gasteiger partial charge in [0, 0.05) is 11.6 Å². The van der Waals surface area contributed by atoms with E-state index < -0.39 is 0 Å². The van der Waals surface area contributed by atoms with Gasteiger partial charge in [0.15, 0.2) is 0 Å². The Kier molecular flexibility index (Phi) is 1.70. The Morgan fingerprint density at radius 2 is 2.00 bits per heavy atom. The standard InChI is InChI=1S/C10H7NO2/c12-8-4-1-5-9(13)10-7(8)3-2-6-11-10/h1-6,12H. The van der Waals surface area contributed by atoms with Crippen LogP contribution in [0.1, 0.15) is 0 Å². The van der Waals surface area contributed by atoms with E-state index in [0.29, 0.717) is 10.9 Å². The number of pyridine rings is 1. The fraction of sp³-hybridized carbons (Fsp3) is 0. The molecule has 13 heavy (non-hydrogen) atoms. The molecule has 0 aliphatic rings. The lowest BCUT2D eigenvalue weighted by molar-refractivity contribution is 0.482. The molecule has 0 amide bonds. The van der Waals surface area contributed by atoms with E-state index in [9.17, 15) is 9.90 Å². The van der Waals surface area contributed by atoms with Gasteiger partial charge in [0.25, 0.3) is 0 Å². The SMILES string of the molecule is O=c1cccc(O)c2cccnc12. The molecular formula is C10H7NO2. The zero-order chi connectivity index (χ0) is 9.26. The van der Waals surface area contributed by atoms with Crippen LogP contribution in [0.2, 0.25) is 0 Å². The number of nitrogens with zero attached hydrogens (tertiary/aromatic N) is 1.